The number of nitrogens with zero attached hydrogens (tertiary/aromatic N) is 1. The fourth-order valence-electron chi connectivity index (χ4n) is 3.62. The molecule has 0 fully saturated rings. The molecule has 2 aliphatic heterocycles. The largest absolute Gasteiger partial charge is 0.491 e. The van der Waals surface area contributed by atoms with Gasteiger partial charge in [0.15, 0.2) is 0 Å². The zero-order valence-electron chi connectivity index (χ0n) is 13.8. The summed E-state index contributed by atoms with van der Waals surface area (Å²) in [5.41, 5.74) is 9.92. The van der Waals surface area contributed by atoms with Crippen molar-refractivity contribution in [2.75, 3.05) is 24.7 Å². The zero-order valence-corrected chi connectivity index (χ0v) is 13.8. The van der Waals surface area contributed by atoms with Gasteiger partial charge in [0, 0.05) is 12.6 Å². The quantitative estimate of drug-likeness (QED) is 0.789. The molecule has 0 aromatic heterocycles. The minimum Gasteiger partial charge on any atom is -0.491 e. The SMILES string of the molecule is N[C@@H]1CCN2c3c(cccc31)C(=O)N[C@H]2c1ccc(OCCO)cc1. The van der Waals surface area contributed by atoms with E-state index in [0.717, 1.165) is 29.8 Å². The van der Waals surface area contributed by atoms with Crippen molar-refractivity contribution in [3.8, 4) is 5.75 Å². The van der Waals surface area contributed by atoms with Gasteiger partial charge in [0.05, 0.1) is 17.9 Å². The Morgan fingerprint density at radius 1 is 1.24 bits per heavy atom. The van der Waals surface area contributed by atoms with Gasteiger partial charge < -0.3 is 25.8 Å². The summed E-state index contributed by atoms with van der Waals surface area (Å²) in [7, 11) is 0. The molecule has 0 bridgehead atoms. The number of nitrogens with two attached hydrogens (primary N) is 1. The number of carbonyl (C=O) groups is 1. The van der Waals surface area contributed by atoms with E-state index in [9.17, 15) is 4.79 Å². The fourth-order valence-corrected chi connectivity index (χ4v) is 3.62. The summed E-state index contributed by atoms with van der Waals surface area (Å²) < 4.78 is 5.40. The number of rotatable bonds is 4. The third-order valence-corrected chi connectivity index (χ3v) is 4.81. The second kappa shape index (κ2) is 6.38. The molecule has 2 aromatic rings. The van der Waals surface area contributed by atoms with E-state index < -0.39 is 0 Å². The Bertz CT molecular complexity index is 791. The van der Waals surface area contributed by atoms with Gasteiger partial charge in [-0.25, -0.2) is 0 Å². The Labute approximate surface area is 146 Å². The van der Waals surface area contributed by atoms with E-state index >= 15 is 0 Å². The second-order valence-corrected chi connectivity index (χ2v) is 6.35. The second-order valence-electron chi connectivity index (χ2n) is 6.35. The number of carbonyl (C=O) groups excluding carboxylic acids is 1. The first kappa shape index (κ1) is 15.9. The van der Waals surface area contributed by atoms with Gasteiger partial charge in [-0.15, -0.1) is 0 Å². The van der Waals surface area contributed by atoms with Gasteiger partial charge in [0.1, 0.15) is 18.5 Å². The van der Waals surface area contributed by atoms with Gasteiger partial charge >= 0.3 is 0 Å². The van der Waals surface area contributed by atoms with Gasteiger partial charge in [0.2, 0.25) is 0 Å². The van der Waals surface area contributed by atoms with Crippen LogP contribution in [0.3, 0.4) is 0 Å². The van der Waals surface area contributed by atoms with Gasteiger partial charge in [-0.3, -0.25) is 4.79 Å². The van der Waals surface area contributed by atoms with E-state index in [0.29, 0.717) is 11.3 Å². The average Bonchev–Trinajstić information content (AvgIpc) is 2.65. The fraction of sp³-hybridized carbons (Fsp3) is 0.316. The third-order valence-electron chi connectivity index (χ3n) is 4.81. The van der Waals surface area contributed by atoms with Crippen LogP contribution in [0.4, 0.5) is 5.69 Å². The van der Waals surface area contributed by atoms with E-state index in [1.54, 1.807) is 0 Å². The molecule has 1 amide bonds. The van der Waals surface area contributed by atoms with Crippen molar-refractivity contribution in [1.82, 2.24) is 5.32 Å². The number of hydrogen-bond acceptors (Lipinski definition) is 5. The number of anilines is 1. The lowest BCUT2D eigenvalue weighted by Crippen LogP contribution is -2.49. The van der Waals surface area contributed by atoms with E-state index in [1.165, 1.54) is 0 Å². The molecule has 6 nitrogen and oxygen atoms in total. The lowest BCUT2D eigenvalue weighted by molar-refractivity contribution is 0.0925. The molecule has 4 N–H and O–H groups in total. The first-order valence-electron chi connectivity index (χ1n) is 8.48. The molecule has 6 heteroatoms. The highest BCUT2D eigenvalue weighted by molar-refractivity contribution is 6.03. The van der Waals surface area contributed by atoms with Gasteiger partial charge in [0.25, 0.3) is 5.91 Å². The van der Waals surface area contributed by atoms with Crippen LogP contribution in [-0.2, 0) is 0 Å². The van der Waals surface area contributed by atoms with Gasteiger partial charge in [-0.1, -0.05) is 24.3 Å². The molecule has 2 atom stereocenters. The third kappa shape index (κ3) is 2.73. The van der Waals surface area contributed by atoms with Crippen molar-refractivity contribution in [3.63, 3.8) is 0 Å². The van der Waals surface area contributed by atoms with Crippen LogP contribution < -0.4 is 20.7 Å². The molecular formula is C19H21N3O3. The van der Waals surface area contributed by atoms with Crippen LogP contribution in [-0.4, -0.2) is 30.8 Å². The van der Waals surface area contributed by atoms with Crippen LogP contribution in [0.15, 0.2) is 42.5 Å². The molecule has 0 saturated heterocycles. The number of aliphatic hydroxyl groups excluding tert-OH is 1. The average molecular weight is 339 g/mol. The molecule has 2 heterocycles. The van der Waals surface area contributed by atoms with Gasteiger partial charge in [-0.05, 0) is 35.7 Å². The maximum absolute atomic E-state index is 12.6. The molecular weight excluding hydrogens is 318 g/mol. The number of benzene rings is 2. The monoisotopic (exact) mass is 339 g/mol. The Morgan fingerprint density at radius 3 is 2.80 bits per heavy atom. The van der Waals surface area contributed by atoms with Crippen molar-refractivity contribution < 1.29 is 14.6 Å². The normalized spacial score (nSPS) is 21.5. The number of hydrogen-bond donors (Lipinski definition) is 3. The van der Waals surface area contributed by atoms with Crippen molar-refractivity contribution in [2.45, 2.75) is 18.6 Å². The zero-order chi connectivity index (χ0) is 17.4. The number of aliphatic hydroxyl groups is 1. The highest BCUT2D eigenvalue weighted by atomic mass is 16.5. The molecule has 25 heavy (non-hydrogen) atoms. The van der Waals surface area contributed by atoms with E-state index in [4.69, 9.17) is 15.6 Å². The molecule has 2 aliphatic rings. The number of para-hydroxylation sites is 1. The molecule has 0 saturated carbocycles. The van der Waals surface area contributed by atoms with Crippen molar-refractivity contribution in [2.24, 2.45) is 5.73 Å². The summed E-state index contributed by atoms with van der Waals surface area (Å²) in [5, 5.41) is 11.9. The Hall–Kier alpha value is -2.57. The lowest BCUT2D eigenvalue weighted by atomic mass is 9.90. The van der Waals surface area contributed by atoms with Crippen molar-refractivity contribution >= 4 is 11.6 Å². The number of nitrogens with one attached hydrogen (secondary N) is 1. The highest BCUT2D eigenvalue weighted by Crippen LogP contribution is 2.42. The van der Waals surface area contributed by atoms with Crippen molar-refractivity contribution in [1.29, 1.82) is 0 Å². The molecule has 0 radical (unpaired) electrons. The predicted octanol–water partition coefficient (Wildman–Crippen LogP) is 1.71. The van der Waals surface area contributed by atoms with Crippen LogP contribution >= 0.6 is 0 Å². The number of ether oxygens (including phenoxy) is 1. The maximum Gasteiger partial charge on any atom is 0.255 e. The summed E-state index contributed by atoms with van der Waals surface area (Å²) in [6, 6.07) is 13.3. The molecule has 0 aliphatic carbocycles. The lowest BCUT2D eigenvalue weighted by Gasteiger charge is -2.44. The summed E-state index contributed by atoms with van der Waals surface area (Å²) in [6.45, 7) is 1.03. The maximum atomic E-state index is 12.6. The Balaban J connectivity index is 1.69. The summed E-state index contributed by atoms with van der Waals surface area (Å²) >= 11 is 0. The minimum absolute atomic E-state index is 0.0198. The molecule has 0 spiro atoms. The van der Waals surface area contributed by atoms with Crippen LogP contribution in [0, 0.1) is 0 Å². The van der Waals surface area contributed by atoms with E-state index in [1.807, 2.05) is 42.5 Å². The van der Waals surface area contributed by atoms with Crippen LogP contribution in [0.2, 0.25) is 0 Å². The Morgan fingerprint density at radius 2 is 2.04 bits per heavy atom. The van der Waals surface area contributed by atoms with Crippen molar-refractivity contribution in [3.05, 3.63) is 59.2 Å². The molecule has 0 unspecified atom stereocenters. The molecule has 130 valence electrons. The van der Waals surface area contributed by atoms with E-state index in [2.05, 4.69) is 10.2 Å². The summed E-state index contributed by atoms with van der Waals surface area (Å²) in [5.74, 6) is 0.620. The van der Waals surface area contributed by atoms with Gasteiger partial charge in [-0.2, -0.15) is 0 Å². The number of amides is 1. The Kier molecular flexibility index (Phi) is 4.07. The summed E-state index contributed by atoms with van der Waals surface area (Å²) in [4.78, 5) is 14.8. The first-order chi connectivity index (χ1) is 12.2. The topological polar surface area (TPSA) is 87.8 Å². The standard InChI is InChI=1S/C19H21N3O3/c20-16-8-9-22-17-14(16)2-1-3-15(17)19(24)21-18(22)12-4-6-13(7-5-12)25-11-10-23/h1-7,16,18,23H,8-11,20H2,(H,21,24)/t16-,18-/m1/s1. The smallest absolute Gasteiger partial charge is 0.255 e. The molecule has 2 aromatic carbocycles. The minimum atomic E-state index is -0.222. The van der Waals surface area contributed by atoms with Crippen LogP contribution in [0.1, 0.15) is 40.1 Å². The van der Waals surface area contributed by atoms with E-state index in [-0.39, 0.29) is 31.3 Å². The van der Waals surface area contributed by atoms with Crippen LogP contribution in [0.25, 0.3) is 0 Å². The molecule has 4 rings (SSSR count). The van der Waals surface area contributed by atoms with Crippen LogP contribution in [0.5, 0.6) is 5.75 Å². The summed E-state index contributed by atoms with van der Waals surface area (Å²) in [6.07, 6.45) is 0.626. The predicted molar refractivity (Wildman–Crippen MR) is 94.6 cm³/mol. The highest BCUT2D eigenvalue weighted by Gasteiger charge is 2.37. The first-order valence-corrected chi connectivity index (χ1v) is 8.48.